The largest absolute Gasteiger partial charge is 0.369 e. The molecule has 0 aliphatic carbocycles. The van der Waals surface area contributed by atoms with Crippen LogP contribution in [-0.4, -0.2) is 43.9 Å². The van der Waals surface area contributed by atoms with Crippen molar-refractivity contribution in [3.05, 3.63) is 52.0 Å². The molecule has 0 spiro atoms. The molecule has 1 aromatic carbocycles. The number of benzene rings is 1. The van der Waals surface area contributed by atoms with Crippen LogP contribution in [0.3, 0.4) is 0 Å². The topological polar surface area (TPSA) is 53.5 Å². The summed E-state index contributed by atoms with van der Waals surface area (Å²) in [5.74, 6) is -0.291. The lowest BCUT2D eigenvalue weighted by molar-refractivity contribution is 0.384. The number of nitrogens with zero attached hydrogens (tertiary/aromatic N) is 3. The van der Waals surface area contributed by atoms with Gasteiger partial charge in [-0.15, -0.1) is 0 Å². The number of hydrogen-bond donors (Lipinski definition) is 0. The summed E-state index contributed by atoms with van der Waals surface area (Å²) in [6.45, 7) is 1.76. The van der Waals surface area contributed by atoms with Gasteiger partial charge in [-0.2, -0.15) is 4.31 Å². The molecule has 0 N–H and O–H groups in total. The van der Waals surface area contributed by atoms with E-state index in [1.54, 1.807) is 12.1 Å². The van der Waals surface area contributed by atoms with E-state index in [0.29, 0.717) is 30.7 Å². The van der Waals surface area contributed by atoms with Crippen LogP contribution in [0.25, 0.3) is 0 Å². The minimum atomic E-state index is -3.62. The normalized spacial score (nSPS) is 16.4. The Bertz CT molecular complexity index is 840. The molecule has 1 saturated heterocycles. The maximum absolute atomic E-state index is 13.0. The maximum Gasteiger partial charge on any atom is 0.244 e. The first kappa shape index (κ1) is 17.6. The summed E-state index contributed by atoms with van der Waals surface area (Å²) in [4.78, 5) is 6.01. The standard InChI is InChI=1S/C15H14BrClFN3O2S/c16-14-9-13(10-19-15(14)17)24(22,23)21-7-5-20(6-8-21)12-3-1-11(18)2-4-12/h1-4,9-10H,5-8H2. The second kappa shape index (κ2) is 6.95. The predicted molar refractivity (Wildman–Crippen MR) is 94.3 cm³/mol. The van der Waals surface area contributed by atoms with Gasteiger partial charge in [-0.25, -0.2) is 17.8 Å². The first-order valence-corrected chi connectivity index (χ1v) is 9.81. The Kier molecular flexibility index (Phi) is 5.10. The van der Waals surface area contributed by atoms with Crippen molar-refractivity contribution < 1.29 is 12.8 Å². The minimum Gasteiger partial charge on any atom is -0.369 e. The lowest BCUT2D eigenvalue weighted by atomic mass is 10.2. The first-order valence-electron chi connectivity index (χ1n) is 7.19. The summed E-state index contributed by atoms with van der Waals surface area (Å²) < 4.78 is 40.2. The molecule has 0 radical (unpaired) electrons. The van der Waals surface area contributed by atoms with Crippen LogP contribution in [0.1, 0.15) is 0 Å². The van der Waals surface area contributed by atoms with Crippen LogP contribution >= 0.6 is 27.5 Å². The second-order valence-electron chi connectivity index (χ2n) is 5.31. The first-order chi connectivity index (χ1) is 11.4. The molecule has 128 valence electrons. The molecular formula is C15H14BrClFN3O2S. The average molecular weight is 435 g/mol. The minimum absolute atomic E-state index is 0.106. The van der Waals surface area contributed by atoms with Crippen LogP contribution in [0.5, 0.6) is 0 Å². The Hall–Kier alpha value is -1.22. The Morgan fingerprint density at radius 2 is 1.75 bits per heavy atom. The van der Waals surface area contributed by atoms with Crippen LogP contribution in [0, 0.1) is 5.82 Å². The summed E-state index contributed by atoms with van der Waals surface area (Å²) in [7, 11) is -3.62. The molecule has 24 heavy (non-hydrogen) atoms. The third-order valence-electron chi connectivity index (χ3n) is 3.84. The SMILES string of the molecule is O=S(=O)(c1cnc(Cl)c(Br)c1)N1CCN(c2ccc(F)cc2)CC1. The summed E-state index contributed by atoms with van der Waals surface area (Å²) in [6, 6.07) is 7.64. The summed E-state index contributed by atoms with van der Waals surface area (Å²) >= 11 is 9.01. The Labute approximate surface area is 153 Å². The van der Waals surface area contributed by atoms with E-state index in [9.17, 15) is 12.8 Å². The van der Waals surface area contributed by atoms with Crippen molar-refractivity contribution in [3.63, 3.8) is 0 Å². The zero-order chi connectivity index (χ0) is 17.3. The Morgan fingerprint density at radius 3 is 2.33 bits per heavy atom. The van der Waals surface area contributed by atoms with Gasteiger partial charge in [0.1, 0.15) is 15.9 Å². The van der Waals surface area contributed by atoms with Gasteiger partial charge in [0.25, 0.3) is 0 Å². The van der Waals surface area contributed by atoms with E-state index in [-0.39, 0.29) is 15.9 Å². The van der Waals surface area contributed by atoms with Crippen LogP contribution in [0.4, 0.5) is 10.1 Å². The fraction of sp³-hybridized carbons (Fsp3) is 0.267. The molecule has 0 unspecified atom stereocenters. The molecule has 9 heteroatoms. The quantitative estimate of drug-likeness (QED) is 0.697. The lowest BCUT2D eigenvalue weighted by Gasteiger charge is -2.35. The van der Waals surface area contributed by atoms with Crippen molar-refractivity contribution in [2.24, 2.45) is 0 Å². The van der Waals surface area contributed by atoms with Crippen LogP contribution in [0.15, 0.2) is 45.9 Å². The third-order valence-corrected chi connectivity index (χ3v) is 6.84. The molecule has 2 aromatic rings. The fourth-order valence-electron chi connectivity index (χ4n) is 2.53. The highest BCUT2D eigenvalue weighted by Gasteiger charge is 2.29. The van der Waals surface area contributed by atoms with Crippen molar-refractivity contribution in [1.82, 2.24) is 9.29 Å². The molecule has 3 rings (SSSR count). The van der Waals surface area contributed by atoms with Crippen LogP contribution in [-0.2, 0) is 10.0 Å². The number of halogens is 3. The van der Waals surface area contributed by atoms with Gasteiger partial charge in [-0.1, -0.05) is 11.6 Å². The monoisotopic (exact) mass is 433 g/mol. The van der Waals surface area contributed by atoms with Gasteiger partial charge in [0.05, 0.1) is 4.47 Å². The molecule has 0 atom stereocenters. The molecule has 1 aromatic heterocycles. The van der Waals surface area contributed by atoms with Gasteiger partial charge in [-0.05, 0) is 46.3 Å². The number of anilines is 1. The van der Waals surface area contributed by atoms with E-state index in [1.165, 1.54) is 28.7 Å². The van der Waals surface area contributed by atoms with Gasteiger partial charge < -0.3 is 4.90 Å². The highest BCUT2D eigenvalue weighted by Crippen LogP contribution is 2.26. The van der Waals surface area contributed by atoms with Gasteiger partial charge in [-0.3, -0.25) is 0 Å². The number of pyridine rings is 1. The highest BCUT2D eigenvalue weighted by atomic mass is 79.9. The summed E-state index contributed by atoms with van der Waals surface area (Å²) in [6.07, 6.45) is 1.26. The van der Waals surface area contributed by atoms with Gasteiger partial charge >= 0.3 is 0 Å². The molecule has 1 fully saturated rings. The number of piperazine rings is 1. The van der Waals surface area contributed by atoms with E-state index < -0.39 is 10.0 Å². The van der Waals surface area contributed by atoms with E-state index in [2.05, 4.69) is 20.9 Å². The van der Waals surface area contributed by atoms with E-state index in [4.69, 9.17) is 11.6 Å². The van der Waals surface area contributed by atoms with E-state index in [1.807, 2.05) is 4.90 Å². The zero-order valence-electron chi connectivity index (χ0n) is 12.5. The number of sulfonamides is 1. The number of rotatable bonds is 3. The van der Waals surface area contributed by atoms with Crippen molar-refractivity contribution in [3.8, 4) is 0 Å². The highest BCUT2D eigenvalue weighted by molar-refractivity contribution is 9.10. The molecule has 0 saturated carbocycles. The molecule has 0 amide bonds. The molecule has 5 nitrogen and oxygen atoms in total. The van der Waals surface area contributed by atoms with Crippen molar-refractivity contribution in [2.75, 3.05) is 31.1 Å². The van der Waals surface area contributed by atoms with Gasteiger partial charge in [0.2, 0.25) is 10.0 Å². The molecule has 0 bridgehead atoms. The molecular weight excluding hydrogens is 421 g/mol. The average Bonchev–Trinajstić information content (AvgIpc) is 2.58. The molecule has 1 aliphatic rings. The van der Waals surface area contributed by atoms with Crippen molar-refractivity contribution in [1.29, 1.82) is 0 Å². The third kappa shape index (κ3) is 3.56. The van der Waals surface area contributed by atoms with Gasteiger partial charge in [0.15, 0.2) is 0 Å². The fourth-order valence-corrected chi connectivity index (χ4v) is 4.53. The van der Waals surface area contributed by atoms with Gasteiger partial charge in [0, 0.05) is 38.1 Å². The summed E-state index contributed by atoms with van der Waals surface area (Å²) in [5.41, 5.74) is 0.879. The zero-order valence-corrected chi connectivity index (χ0v) is 15.7. The molecule has 1 aliphatic heterocycles. The lowest BCUT2D eigenvalue weighted by Crippen LogP contribution is -2.48. The Balaban J connectivity index is 1.73. The van der Waals surface area contributed by atoms with Crippen LogP contribution < -0.4 is 4.90 Å². The molecule has 2 heterocycles. The second-order valence-corrected chi connectivity index (χ2v) is 8.46. The maximum atomic E-state index is 13.0. The van der Waals surface area contributed by atoms with E-state index >= 15 is 0 Å². The van der Waals surface area contributed by atoms with E-state index in [0.717, 1.165) is 5.69 Å². The van der Waals surface area contributed by atoms with Crippen LogP contribution in [0.2, 0.25) is 5.15 Å². The van der Waals surface area contributed by atoms with Crippen molar-refractivity contribution in [2.45, 2.75) is 4.90 Å². The predicted octanol–water partition coefficient (Wildman–Crippen LogP) is 3.15. The number of hydrogen-bond acceptors (Lipinski definition) is 4. The number of aromatic nitrogens is 1. The Morgan fingerprint density at radius 1 is 1.12 bits per heavy atom. The van der Waals surface area contributed by atoms with Crippen molar-refractivity contribution >= 4 is 43.2 Å². The smallest absolute Gasteiger partial charge is 0.244 e. The summed E-state index contributed by atoms with van der Waals surface area (Å²) in [5, 5.41) is 0.218.